The van der Waals surface area contributed by atoms with Gasteiger partial charge in [-0.2, -0.15) is 0 Å². The zero-order chi connectivity index (χ0) is 15.4. The first kappa shape index (κ1) is 16.0. The molecule has 1 aromatic carbocycles. The molecule has 0 radical (unpaired) electrons. The Morgan fingerprint density at radius 2 is 2.14 bits per heavy atom. The van der Waals surface area contributed by atoms with Gasteiger partial charge in [-0.3, -0.25) is 14.9 Å². The van der Waals surface area contributed by atoms with Gasteiger partial charge in [-0.05, 0) is 35.6 Å². The standard InChI is InChI=1S/C13H16IN3O4/c1-9(13(18)16-4-6-21-7-5-16)15-12-3-2-10(17(19)20)8-11(12)14/h2-3,8-9,15H,4-7H2,1H3. The zero-order valence-electron chi connectivity index (χ0n) is 11.5. The van der Waals surface area contributed by atoms with Gasteiger partial charge in [0.05, 0.1) is 18.1 Å². The maximum atomic E-state index is 12.3. The highest BCUT2D eigenvalue weighted by Gasteiger charge is 2.23. The molecule has 21 heavy (non-hydrogen) atoms. The van der Waals surface area contributed by atoms with Gasteiger partial charge >= 0.3 is 0 Å². The second-order valence-corrected chi connectivity index (χ2v) is 5.89. The number of carbonyl (C=O) groups excluding carboxylic acids is 1. The molecule has 0 spiro atoms. The van der Waals surface area contributed by atoms with E-state index < -0.39 is 11.0 Å². The van der Waals surface area contributed by atoms with Crippen molar-refractivity contribution in [1.82, 2.24) is 4.90 Å². The third kappa shape index (κ3) is 4.03. The monoisotopic (exact) mass is 405 g/mol. The summed E-state index contributed by atoms with van der Waals surface area (Å²) >= 11 is 2.02. The van der Waals surface area contributed by atoms with Crippen LogP contribution in [0.2, 0.25) is 0 Å². The van der Waals surface area contributed by atoms with Crippen molar-refractivity contribution in [3.8, 4) is 0 Å². The summed E-state index contributed by atoms with van der Waals surface area (Å²) in [6, 6.07) is 4.15. The number of nitro groups is 1. The van der Waals surface area contributed by atoms with Gasteiger partial charge in [0, 0.05) is 34.5 Å². The Labute approximate surface area is 135 Å². The Morgan fingerprint density at radius 1 is 1.48 bits per heavy atom. The molecule has 0 aromatic heterocycles. The van der Waals surface area contributed by atoms with Crippen molar-refractivity contribution in [2.45, 2.75) is 13.0 Å². The summed E-state index contributed by atoms with van der Waals surface area (Å²) in [7, 11) is 0. The molecule has 0 aliphatic carbocycles. The lowest BCUT2D eigenvalue weighted by molar-refractivity contribution is -0.384. The van der Waals surface area contributed by atoms with Gasteiger partial charge in [0.15, 0.2) is 0 Å². The first-order valence-electron chi connectivity index (χ1n) is 6.56. The van der Waals surface area contributed by atoms with Crippen LogP contribution in [0.15, 0.2) is 18.2 Å². The minimum absolute atomic E-state index is 0.00690. The average molecular weight is 405 g/mol. The van der Waals surface area contributed by atoms with Crippen molar-refractivity contribution in [2.75, 3.05) is 31.6 Å². The highest BCUT2D eigenvalue weighted by molar-refractivity contribution is 14.1. The van der Waals surface area contributed by atoms with Crippen LogP contribution in [0.25, 0.3) is 0 Å². The molecule has 1 unspecified atom stereocenters. The van der Waals surface area contributed by atoms with E-state index in [1.54, 1.807) is 17.9 Å². The molecule has 1 aliphatic heterocycles. The van der Waals surface area contributed by atoms with E-state index in [4.69, 9.17) is 4.74 Å². The lowest BCUT2D eigenvalue weighted by atomic mass is 10.2. The lowest BCUT2D eigenvalue weighted by Gasteiger charge is -2.29. The number of amides is 1. The van der Waals surface area contributed by atoms with Crippen molar-refractivity contribution < 1.29 is 14.5 Å². The van der Waals surface area contributed by atoms with Crippen LogP contribution in [0, 0.1) is 13.7 Å². The number of nitrogens with zero attached hydrogens (tertiary/aromatic N) is 2. The molecule has 7 nitrogen and oxygen atoms in total. The van der Waals surface area contributed by atoms with Crippen LogP contribution < -0.4 is 5.32 Å². The molecule has 1 fully saturated rings. The maximum absolute atomic E-state index is 12.3. The predicted molar refractivity (Wildman–Crippen MR) is 86.3 cm³/mol. The van der Waals surface area contributed by atoms with E-state index in [1.165, 1.54) is 12.1 Å². The maximum Gasteiger partial charge on any atom is 0.270 e. The van der Waals surface area contributed by atoms with Gasteiger partial charge in [0.1, 0.15) is 6.04 Å². The van der Waals surface area contributed by atoms with Crippen LogP contribution in [-0.4, -0.2) is 48.1 Å². The second kappa shape index (κ2) is 7.03. The van der Waals surface area contributed by atoms with Crippen molar-refractivity contribution in [2.24, 2.45) is 0 Å². The van der Waals surface area contributed by atoms with E-state index in [-0.39, 0.29) is 11.6 Å². The fourth-order valence-electron chi connectivity index (χ4n) is 2.09. The molecule has 1 amide bonds. The molecule has 8 heteroatoms. The van der Waals surface area contributed by atoms with Gasteiger partial charge < -0.3 is 15.0 Å². The third-order valence-electron chi connectivity index (χ3n) is 3.23. The SMILES string of the molecule is CC(Nc1ccc([N+](=O)[O-])cc1I)C(=O)N1CCOCC1. The fourth-order valence-corrected chi connectivity index (χ4v) is 2.74. The van der Waals surface area contributed by atoms with Crippen molar-refractivity contribution in [3.63, 3.8) is 0 Å². The Morgan fingerprint density at radius 3 is 2.71 bits per heavy atom. The number of ether oxygens (including phenoxy) is 1. The van der Waals surface area contributed by atoms with Crippen LogP contribution in [0.3, 0.4) is 0 Å². The minimum atomic E-state index is -0.436. The number of nitrogens with one attached hydrogen (secondary N) is 1. The topological polar surface area (TPSA) is 84.7 Å². The van der Waals surface area contributed by atoms with Crippen LogP contribution >= 0.6 is 22.6 Å². The predicted octanol–water partition coefficient (Wildman–Crippen LogP) is 1.86. The number of halogens is 1. The number of hydrogen-bond donors (Lipinski definition) is 1. The molecule has 1 N–H and O–H groups in total. The number of carbonyl (C=O) groups is 1. The first-order chi connectivity index (χ1) is 9.99. The Hall–Kier alpha value is -1.42. The van der Waals surface area contributed by atoms with Gasteiger partial charge in [0.25, 0.3) is 5.69 Å². The van der Waals surface area contributed by atoms with Crippen LogP contribution in [0.1, 0.15) is 6.92 Å². The zero-order valence-corrected chi connectivity index (χ0v) is 13.7. The fraction of sp³-hybridized carbons (Fsp3) is 0.462. The van der Waals surface area contributed by atoms with E-state index in [0.717, 1.165) is 5.69 Å². The van der Waals surface area contributed by atoms with Crippen LogP contribution in [0.5, 0.6) is 0 Å². The van der Waals surface area contributed by atoms with E-state index in [9.17, 15) is 14.9 Å². The Bertz CT molecular complexity index is 546. The van der Waals surface area contributed by atoms with Crippen LogP contribution in [0.4, 0.5) is 11.4 Å². The molecule has 1 heterocycles. The van der Waals surface area contributed by atoms with Crippen molar-refractivity contribution >= 4 is 39.9 Å². The van der Waals surface area contributed by atoms with Gasteiger partial charge in [-0.15, -0.1) is 0 Å². The lowest BCUT2D eigenvalue weighted by Crippen LogP contribution is -2.47. The molecule has 1 atom stereocenters. The van der Waals surface area contributed by atoms with Gasteiger partial charge in [-0.1, -0.05) is 0 Å². The number of anilines is 1. The molecule has 0 bridgehead atoms. The summed E-state index contributed by atoms with van der Waals surface area (Å²) < 4.78 is 5.93. The molecule has 1 aromatic rings. The highest BCUT2D eigenvalue weighted by Crippen LogP contribution is 2.24. The molecule has 1 saturated heterocycles. The van der Waals surface area contributed by atoms with Gasteiger partial charge in [0.2, 0.25) is 5.91 Å². The summed E-state index contributed by atoms with van der Waals surface area (Å²) in [6.45, 7) is 4.11. The third-order valence-corrected chi connectivity index (χ3v) is 4.12. The van der Waals surface area contributed by atoms with Crippen LogP contribution in [-0.2, 0) is 9.53 Å². The second-order valence-electron chi connectivity index (χ2n) is 4.72. The summed E-state index contributed by atoms with van der Waals surface area (Å²) in [4.78, 5) is 24.3. The minimum Gasteiger partial charge on any atom is -0.378 e. The summed E-state index contributed by atoms with van der Waals surface area (Å²) in [5.74, 6) is 0.00690. The summed E-state index contributed by atoms with van der Waals surface area (Å²) in [5.41, 5.74) is 0.757. The molecule has 2 rings (SSSR count). The van der Waals surface area contributed by atoms with E-state index in [2.05, 4.69) is 5.32 Å². The Kier molecular flexibility index (Phi) is 5.34. The first-order valence-corrected chi connectivity index (χ1v) is 7.64. The quantitative estimate of drug-likeness (QED) is 0.470. The summed E-state index contributed by atoms with van der Waals surface area (Å²) in [5, 5.41) is 13.8. The van der Waals surface area contributed by atoms with E-state index in [0.29, 0.717) is 29.9 Å². The smallest absolute Gasteiger partial charge is 0.270 e. The molecule has 1 aliphatic rings. The van der Waals surface area contributed by atoms with Crippen molar-refractivity contribution in [3.05, 3.63) is 31.9 Å². The average Bonchev–Trinajstić information content (AvgIpc) is 2.49. The molecule has 114 valence electrons. The van der Waals surface area contributed by atoms with E-state index in [1.807, 2.05) is 22.6 Å². The number of non-ortho nitro benzene ring substituents is 1. The number of benzene rings is 1. The van der Waals surface area contributed by atoms with E-state index >= 15 is 0 Å². The largest absolute Gasteiger partial charge is 0.378 e. The Balaban J connectivity index is 2.03. The number of nitro benzene ring substituents is 1. The molecular formula is C13H16IN3O4. The number of hydrogen-bond acceptors (Lipinski definition) is 5. The number of morpholine rings is 1. The highest BCUT2D eigenvalue weighted by atomic mass is 127. The molecular weight excluding hydrogens is 389 g/mol. The van der Waals surface area contributed by atoms with Crippen molar-refractivity contribution in [1.29, 1.82) is 0 Å². The normalized spacial score (nSPS) is 16.4. The molecule has 0 saturated carbocycles. The number of rotatable bonds is 4. The van der Waals surface area contributed by atoms with Gasteiger partial charge in [-0.25, -0.2) is 0 Å². The summed E-state index contributed by atoms with van der Waals surface area (Å²) in [6.07, 6.45) is 0.